The molecular formula is C40H23N5Na4O12S2. The number of hydrogen-bond donors (Lipinski definition) is 3. The molecule has 0 spiro atoms. The monoisotopic (exact) mass is 921 g/mol. The first-order valence-electron chi connectivity index (χ1n) is 16.8. The molecule has 0 saturated carbocycles. The molecule has 0 unspecified atom stereocenters. The van der Waals surface area contributed by atoms with Gasteiger partial charge in [-0.3, -0.25) is 9.11 Å². The molecule has 296 valence electrons. The van der Waals surface area contributed by atoms with Gasteiger partial charge < -0.3 is 35.3 Å². The topological polar surface area (TPSA) is 297 Å². The fraction of sp³-hybridized carbons (Fsp3) is 0. The number of rotatable bonds is 11. The molecule has 23 heteroatoms. The Balaban J connectivity index is 0.00000264. The van der Waals surface area contributed by atoms with Crippen molar-refractivity contribution in [3.05, 3.63) is 132 Å². The van der Waals surface area contributed by atoms with Gasteiger partial charge >= 0.3 is 118 Å². The first-order valence-corrected chi connectivity index (χ1v) is 19.7. The third kappa shape index (κ3) is 12.0. The molecule has 0 bridgehead atoms. The van der Waals surface area contributed by atoms with Crippen molar-refractivity contribution in [3.63, 3.8) is 0 Å². The zero-order valence-corrected chi connectivity index (χ0v) is 43.3. The third-order valence-corrected chi connectivity index (χ3v) is 10.7. The van der Waals surface area contributed by atoms with Crippen LogP contribution in [-0.4, -0.2) is 37.9 Å². The van der Waals surface area contributed by atoms with Crippen LogP contribution < -0.4 is 144 Å². The van der Waals surface area contributed by atoms with Crippen molar-refractivity contribution in [1.29, 1.82) is 0 Å². The van der Waals surface area contributed by atoms with Gasteiger partial charge in [0.2, 0.25) is 0 Å². The maximum absolute atomic E-state index is 13.5. The summed E-state index contributed by atoms with van der Waals surface area (Å²) in [5.41, 5.74) is -1.40. The third-order valence-electron chi connectivity index (χ3n) is 8.89. The number of nitrogens with zero attached hydrogens (tertiary/aromatic N) is 4. The number of aromatic carboxylic acids is 2. The average Bonchev–Trinajstić information content (AvgIpc) is 3.19. The van der Waals surface area contributed by atoms with E-state index < -0.39 is 76.0 Å². The zero-order chi connectivity index (χ0) is 42.2. The molecule has 0 radical (unpaired) electrons. The van der Waals surface area contributed by atoms with E-state index in [1.165, 1.54) is 48.5 Å². The van der Waals surface area contributed by atoms with Crippen LogP contribution in [-0.2, 0) is 20.2 Å². The molecule has 0 aromatic heterocycles. The van der Waals surface area contributed by atoms with Crippen LogP contribution in [0.2, 0.25) is 0 Å². The Morgan fingerprint density at radius 3 is 1.57 bits per heavy atom. The first-order chi connectivity index (χ1) is 28.0. The van der Waals surface area contributed by atoms with Crippen LogP contribution in [0.15, 0.2) is 152 Å². The van der Waals surface area contributed by atoms with E-state index in [9.17, 15) is 56.0 Å². The molecule has 63 heavy (non-hydrogen) atoms. The summed E-state index contributed by atoms with van der Waals surface area (Å²) in [6.07, 6.45) is 0. The summed E-state index contributed by atoms with van der Waals surface area (Å²) in [6.45, 7) is 0. The number of hydrogen-bond acceptors (Lipinski definition) is 15. The van der Waals surface area contributed by atoms with Gasteiger partial charge in [-0.2, -0.15) is 21.9 Å². The number of nitrogens with one attached hydrogen (secondary N) is 1. The standard InChI is InChI=1S/C40H27N5O12S2.4Na/c46-37-28-7-4-8-34(58(52,53)54)27(28)13-16-33(37)44-42-31-14-9-21(18-29(31)39(48)49)22-10-15-32(30(19-22)40(50)51)43-45-36-35(59(55,56)57)20-23-17-25(11-12-26(23)38(36)47)41-24-5-2-1-3-6-24;;;;/h1-20,41,46-47H,(H,48,49)(H,50,51)(H,52,53,54)(H,55,56,57);;;;/q;4*+1/p-4. The van der Waals surface area contributed by atoms with Crippen LogP contribution in [0.25, 0.3) is 32.7 Å². The summed E-state index contributed by atoms with van der Waals surface area (Å²) in [7, 11) is -9.72. The summed E-state index contributed by atoms with van der Waals surface area (Å²) in [5.74, 6) is -5.18. The predicted molar refractivity (Wildman–Crippen MR) is 205 cm³/mol. The Morgan fingerprint density at radius 1 is 0.492 bits per heavy atom. The number of carboxylic acids is 2. The predicted octanol–water partition coefficient (Wildman–Crippen LogP) is -6.38. The van der Waals surface area contributed by atoms with E-state index >= 15 is 0 Å². The van der Waals surface area contributed by atoms with Gasteiger partial charge in [-0.25, -0.2) is 0 Å². The van der Waals surface area contributed by atoms with E-state index in [0.29, 0.717) is 11.4 Å². The number of carboxylic acid groups (broad SMARTS) is 2. The second kappa shape index (κ2) is 22.1. The summed E-state index contributed by atoms with van der Waals surface area (Å²) < 4.78 is 67.9. The molecule has 0 fully saturated rings. The Morgan fingerprint density at radius 2 is 1.02 bits per heavy atom. The molecule has 7 aromatic carbocycles. The van der Waals surface area contributed by atoms with E-state index in [0.717, 1.165) is 36.4 Å². The fourth-order valence-electron chi connectivity index (χ4n) is 6.13. The number of azo groups is 2. The number of anilines is 2. The minimum absolute atomic E-state index is 0. The minimum Gasteiger partial charge on any atom is -0.871 e. The Hall–Kier alpha value is -3.58. The zero-order valence-electron chi connectivity index (χ0n) is 33.6. The van der Waals surface area contributed by atoms with E-state index in [2.05, 4.69) is 25.8 Å². The molecular weight excluding hydrogens is 899 g/mol. The van der Waals surface area contributed by atoms with Gasteiger partial charge in [0, 0.05) is 27.9 Å². The van der Waals surface area contributed by atoms with E-state index in [1.54, 1.807) is 30.3 Å². The van der Waals surface area contributed by atoms with Crippen molar-refractivity contribution in [1.82, 2.24) is 0 Å². The summed E-state index contributed by atoms with van der Waals surface area (Å²) >= 11 is 0. The van der Waals surface area contributed by atoms with Gasteiger partial charge in [-0.15, -0.1) is 15.3 Å². The molecule has 0 saturated heterocycles. The molecule has 0 aliphatic carbocycles. The molecule has 0 amide bonds. The van der Waals surface area contributed by atoms with Gasteiger partial charge in [0.25, 0.3) is 20.2 Å². The van der Waals surface area contributed by atoms with Crippen LogP contribution in [0.4, 0.5) is 34.1 Å². The largest absolute Gasteiger partial charge is 1.00 e. The van der Waals surface area contributed by atoms with Crippen LogP contribution in [0.5, 0.6) is 11.5 Å². The average molecular weight is 922 g/mol. The molecule has 7 rings (SSSR count). The van der Waals surface area contributed by atoms with Crippen LogP contribution in [0.3, 0.4) is 0 Å². The summed E-state index contributed by atoms with van der Waals surface area (Å²) in [6, 6.07) is 27.7. The first kappa shape index (κ1) is 53.8. The minimum atomic E-state index is -5.06. The van der Waals surface area contributed by atoms with Crippen LogP contribution in [0, 0.1) is 0 Å². The van der Waals surface area contributed by atoms with Gasteiger partial charge in [-0.1, -0.05) is 66.1 Å². The fourth-order valence-corrected chi connectivity index (χ4v) is 7.49. The quantitative estimate of drug-likeness (QED) is 0.0619. The van der Waals surface area contributed by atoms with Gasteiger partial charge in [0.15, 0.2) is 0 Å². The molecule has 0 heterocycles. The number of fused-ring (bicyclic) bond motifs is 2. The Bertz CT molecular complexity index is 3200. The molecule has 7 aromatic rings. The van der Waals surface area contributed by atoms with Crippen molar-refractivity contribution in [2.45, 2.75) is 9.79 Å². The van der Waals surface area contributed by atoms with Gasteiger partial charge in [0.1, 0.15) is 9.79 Å². The van der Waals surface area contributed by atoms with E-state index in [1.807, 2.05) is 6.07 Å². The van der Waals surface area contributed by atoms with E-state index in [-0.39, 0.29) is 162 Å². The van der Waals surface area contributed by atoms with Crippen molar-refractivity contribution < 1.29 is 174 Å². The van der Waals surface area contributed by atoms with E-state index in [4.69, 9.17) is 0 Å². The summed E-state index contributed by atoms with van der Waals surface area (Å²) in [4.78, 5) is 23.0. The number of benzene rings is 7. The Kier molecular flexibility index (Phi) is 18.8. The van der Waals surface area contributed by atoms with Gasteiger partial charge in [-0.05, 0) is 94.0 Å². The smallest absolute Gasteiger partial charge is 0.871 e. The van der Waals surface area contributed by atoms with Gasteiger partial charge in [0.05, 0.1) is 34.7 Å². The van der Waals surface area contributed by atoms with Crippen molar-refractivity contribution >= 4 is 87.8 Å². The second-order valence-electron chi connectivity index (χ2n) is 12.6. The van der Waals surface area contributed by atoms with Crippen molar-refractivity contribution in [3.8, 4) is 22.6 Å². The van der Waals surface area contributed by atoms with Crippen molar-refractivity contribution in [2.75, 3.05) is 5.32 Å². The molecule has 0 aliphatic heterocycles. The number of para-hydroxylation sites is 1. The Labute approximate surface area is 447 Å². The maximum atomic E-state index is 13.5. The molecule has 0 atom stereocenters. The second-order valence-corrected chi connectivity index (χ2v) is 15.4. The summed E-state index contributed by atoms with van der Waals surface area (Å²) in [5, 5.41) is 69.4. The number of carbonyl (C=O) groups excluding carboxylic acids is 2. The number of carbonyl (C=O) groups is 2. The molecule has 17 nitrogen and oxygen atoms in total. The van der Waals surface area contributed by atoms with Crippen LogP contribution in [0.1, 0.15) is 20.7 Å². The van der Waals surface area contributed by atoms with Crippen molar-refractivity contribution in [2.24, 2.45) is 20.5 Å². The SMILES string of the molecule is O=C([O-])c1cc(-c2ccc(N=Nc3c(S(=O)(=O)O)cc4cc(Nc5ccccc5)ccc4c3[O-])c(C(=O)[O-])c2)ccc1N=Nc1ccc2c(S(=O)(=O)O)cccc2c1[O-].[Na+].[Na+].[Na+].[Na+]. The maximum Gasteiger partial charge on any atom is 1.00 e. The molecule has 3 N–H and O–H groups in total. The normalized spacial score (nSPS) is 11.3. The molecule has 0 aliphatic rings. The van der Waals surface area contributed by atoms with Crippen LogP contribution >= 0.6 is 0 Å².